The molecule has 0 amide bonds. The van der Waals surface area contributed by atoms with Crippen molar-refractivity contribution in [2.75, 3.05) is 0 Å². The van der Waals surface area contributed by atoms with Gasteiger partial charge in [-0.3, -0.25) is 14.2 Å². The number of H-pyrrole nitrogens is 1. The van der Waals surface area contributed by atoms with Crippen molar-refractivity contribution in [2.24, 2.45) is 14.1 Å². The number of halogens is 1. The highest BCUT2D eigenvalue weighted by Gasteiger charge is 2.18. The molecule has 0 bridgehead atoms. The fourth-order valence-corrected chi connectivity index (χ4v) is 3.26. The molecule has 0 aliphatic carbocycles. The van der Waals surface area contributed by atoms with Crippen LogP contribution >= 0.6 is 12.6 Å². The van der Waals surface area contributed by atoms with Crippen LogP contribution in [0.15, 0.2) is 34.3 Å². The van der Waals surface area contributed by atoms with Crippen LogP contribution < -0.4 is 5.69 Å². The fraction of sp³-hybridized carbons (Fsp3) is 0.133. The van der Waals surface area contributed by atoms with Crippen molar-refractivity contribution in [3.63, 3.8) is 0 Å². The Morgan fingerprint density at radius 3 is 2.78 bits per heavy atom. The number of rotatable bonds is 1. The first-order valence-corrected chi connectivity index (χ1v) is 7.30. The van der Waals surface area contributed by atoms with Crippen LogP contribution in [0.5, 0.6) is 0 Å². The average Bonchev–Trinajstić information content (AvgIpc) is 3.03. The first-order valence-electron chi connectivity index (χ1n) is 6.85. The van der Waals surface area contributed by atoms with E-state index in [9.17, 15) is 9.18 Å². The van der Waals surface area contributed by atoms with Crippen molar-refractivity contribution in [2.45, 2.75) is 4.90 Å². The summed E-state index contributed by atoms with van der Waals surface area (Å²) in [6.07, 6.45) is 4.84. The number of thiol groups is 1. The summed E-state index contributed by atoms with van der Waals surface area (Å²) in [6, 6.07) is 1.35. The van der Waals surface area contributed by atoms with Crippen LogP contribution in [0, 0.1) is 5.82 Å². The van der Waals surface area contributed by atoms with Crippen LogP contribution in [-0.2, 0) is 14.1 Å². The SMILES string of the molecule is Cn1cc(-c2c(F)cc3ncc4c([nH]c(=O)n4C)c3c2S)cn1. The van der Waals surface area contributed by atoms with Gasteiger partial charge in [0, 0.05) is 47.8 Å². The topological polar surface area (TPSA) is 68.5 Å². The summed E-state index contributed by atoms with van der Waals surface area (Å²) in [4.78, 5) is 19.4. The molecule has 0 aliphatic rings. The summed E-state index contributed by atoms with van der Waals surface area (Å²) in [5.74, 6) is -0.430. The van der Waals surface area contributed by atoms with Crippen LogP contribution in [0.25, 0.3) is 33.1 Å². The van der Waals surface area contributed by atoms with Gasteiger partial charge in [0.15, 0.2) is 0 Å². The minimum atomic E-state index is -0.430. The Morgan fingerprint density at radius 1 is 1.30 bits per heavy atom. The van der Waals surface area contributed by atoms with Crippen LogP contribution in [0.4, 0.5) is 4.39 Å². The molecule has 4 rings (SSSR count). The van der Waals surface area contributed by atoms with Crippen molar-refractivity contribution in [3.8, 4) is 11.1 Å². The summed E-state index contributed by atoms with van der Waals surface area (Å²) >= 11 is 4.53. The lowest BCUT2D eigenvalue weighted by molar-refractivity contribution is 0.630. The second-order valence-electron chi connectivity index (χ2n) is 5.39. The first-order chi connectivity index (χ1) is 11.0. The molecule has 0 spiro atoms. The van der Waals surface area contributed by atoms with E-state index < -0.39 is 5.82 Å². The summed E-state index contributed by atoms with van der Waals surface area (Å²) in [7, 11) is 3.41. The maximum absolute atomic E-state index is 14.6. The van der Waals surface area contributed by atoms with Gasteiger partial charge in [0.1, 0.15) is 5.82 Å². The zero-order valence-corrected chi connectivity index (χ0v) is 13.2. The molecule has 3 aromatic heterocycles. The number of aryl methyl sites for hydroxylation is 2. The number of benzene rings is 1. The van der Waals surface area contributed by atoms with E-state index in [4.69, 9.17) is 0 Å². The molecule has 0 fully saturated rings. The Morgan fingerprint density at radius 2 is 2.09 bits per heavy atom. The lowest BCUT2D eigenvalue weighted by Crippen LogP contribution is -2.11. The van der Waals surface area contributed by atoms with Crippen molar-refractivity contribution in [1.29, 1.82) is 0 Å². The number of imidazole rings is 1. The van der Waals surface area contributed by atoms with Gasteiger partial charge in [0.25, 0.3) is 0 Å². The minimum absolute atomic E-state index is 0.255. The lowest BCUT2D eigenvalue weighted by atomic mass is 10.0. The van der Waals surface area contributed by atoms with Gasteiger partial charge in [0.2, 0.25) is 0 Å². The summed E-state index contributed by atoms with van der Waals surface area (Å²) < 4.78 is 17.6. The third-order valence-electron chi connectivity index (χ3n) is 3.96. The Bertz CT molecular complexity index is 1140. The maximum atomic E-state index is 14.6. The molecule has 6 nitrogen and oxygen atoms in total. The predicted molar refractivity (Wildman–Crippen MR) is 88.3 cm³/mol. The number of pyridine rings is 1. The largest absolute Gasteiger partial charge is 0.326 e. The number of aromatic nitrogens is 5. The van der Waals surface area contributed by atoms with E-state index in [0.717, 1.165) is 0 Å². The molecule has 0 saturated carbocycles. The second kappa shape index (κ2) is 4.69. The fourth-order valence-electron chi connectivity index (χ4n) is 2.80. The molecule has 3 heterocycles. The third kappa shape index (κ3) is 1.91. The van der Waals surface area contributed by atoms with Gasteiger partial charge < -0.3 is 4.98 Å². The monoisotopic (exact) mass is 329 g/mol. The van der Waals surface area contributed by atoms with Crippen molar-refractivity contribution < 1.29 is 4.39 Å². The highest BCUT2D eigenvalue weighted by molar-refractivity contribution is 7.80. The second-order valence-corrected chi connectivity index (χ2v) is 5.83. The number of hydrogen-bond acceptors (Lipinski definition) is 4. The standard InChI is InChI=1S/C15H12FN5OS/c1-20-6-7(4-18-20)11-8(16)3-9-12(14(11)23)13-10(5-17-9)21(2)15(22)19-13/h3-6,23H,1-2H3,(H,19,22). The normalized spacial score (nSPS) is 11.7. The minimum Gasteiger partial charge on any atom is -0.305 e. The van der Waals surface area contributed by atoms with Gasteiger partial charge in [-0.05, 0) is 0 Å². The molecule has 8 heteroatoms. The number of aromatic amines is 1. The third-order valence-corrected chi connectivity index (χ3v) is 4.40. The molecule has 0 saturated heterocycles. The number of nitrogens with zero attached hydrogens (tertiary/aromatic N) is 4. The maximum Gasteiger partial charge on any atom is 0.326 e. The Kier molecular flexibility index (Phi) is 2.86. The molecular weight excluding hydrogens is 317 g/mol. The van der Waals surface area contributed by atoms with Gasteiger partial charge >= 0.3 is 5.69 Å². The van der Waals surface area contributed by atoms with E-state index >= 15 is 0 Å². The molecule has 0 atom stereocenters. The smallest absolute Gasteiger partial charge is 0.305 e. The molecule has 0 aliphatic heterocycles. The average molecular weight is 329 g/mol. The van der Waals surface area contributed by atoms with Gasteiger partial charge in [-0.25, -0.2) is 9.18 Å². The Balaban J connectivity index is 2.19. The van der Waals surface area contributed by atoms with Gasteiger partial charge in [-0.15, -0.1) is 12.6 Å². The van der Waals surface area contributed by atoms with Crippen LogP contribution in [0.1, 0.15) is 0 Å². The van der Waals surface area contributed by atoms with E-state index in [-0.39, 0.29) is 5.69 Å². The zero-order valence-electron chi connectivity index (χ0n) is 12.3. The molecular formula is C15H12FN5OS. The summed E-state index contributed by atoms with van der Waals surface area (Å²) in [5, 5.41) is 4.69. The van der Waals surface area contributed by atoms with E-state index in [1.807, 2.05) is 0 Å². The molecule has 1 N–H and O–H groups in total. The van der Waals surface area contributed by atoms with Crippen molar-refractivity contribution >= 4 is 34.6 Å². The molecule has 1 aromatic carbocycles. The van der Waals surface area contributed by atoms with Crippen molar-refractivity contribution in [3.05, 3.63) is 41.0 Å². The summed E-state index contributed by atoms with van der Waals surface area (Å²) in [5.41, 5.74) is 2.38. The molecule has 0 unspecified atom stereocenters. The van der Waals surface area contributed by atoms with Gasteiger partial charge in [-0.2, -0.15) is 5.10 Å². The van der Waals surface area contributed by atoms with Gasteiger partial charge in [-0.1, -0.05) is 0 Å². The predicted octanol–water partition coefficient (Wildman–Crippen LogP) is 2.24. The molecule has 23 heavy (non-hydrogen) atoms. The number of fused-ring (bicyclic) bond motifs is 3. The highest BCUT2D eigenvalue weighted by atomic mass is 32.1. The molecule has 116 valence electrons. The first kappa shape index (κ1) is 14.0. The Labute approximate surface area is 135 Å². The quantitative estimate of drug-likeness (QED) is 0.526. The van der Waals surface area contributed by atoms with E-state index in [2.05, 4.69) is 27.7 Å². The van der Waals surface area contributed by atoms with E-state index in [1.165, 1.54) is 10.6 Å². The van der Waals surface area contributed by atoms with Gasteiger partial charge in [0.05, 0.1) is 28.9 Å². The number of hydrogen-bond donors (Lipinski definition) is 2. The Hall–Kier alpha value is -2.61. The van der Waals surface area contributed by atoms with Crippen LogP contribution in [0.2, 0.25) is 0 Å². The highest BCUT2D eigenvalue weighted by Crippen LogP contribution is 2.37. The van der Waals surface area contributed by atoms with Crippen LogP contribution in [0.3, 0.4) is 0 Å². The van der Waals surface area contributed by atoms with Crippen LogP contribution in [-0.4, -0.2) is 24.3 Å². The zero-order chi connectivity index (χ0) is 16.3. The summed E-state index contributed by atoms with van der Waals surface area (Å²) in [6.45, 7) is 0. The van der Waals surface area contributed by atoms with E-state index in [0.29, 0.717) is 38.0 Å². The number of nitrogens with one attached hydrogen (secondary N) is 1. The lowest BCUT2D eigenvalue weighted by Gasteiger charge is -2.09. The van der Waals surface area contributed by atoms with Crippen molar-refractivity contribution in [1.82, 2.24) is 24.3 Å². The molecule has 4 aromatic rings. The molecule has 0 radical (unpaired) electrons. The van der Waals surface area contributed by atoms with E-state index in [1.54, 1.807) is 37.4 Å².